The first-order chi connectivity index (χ1) is 19.7. The normalized spacial score (nSPS) is 11.9. The Kier molecular flexibility index (Phi) is 6.77. The largest absolute Gasteiger partial charge is 0.513 e. The van der Waals surface area contributed by atoms with Gasteiger partial charge in [0.1, 0.15) is 0 Å². The van der Waals surface area contributed by atoms with E-state index in [0.717, 1.165) is 38.9 Å². The van der Waals surface area contributed by atoms with E-state index in [1.807, 2.05) is 97.1 Å². The van der Waals surface area contributed by atoms with Gasteiger partial charge >= 0.3 is 0 Å². The molecule has 5 heteroatoms. The van der Waals surface area contributed by atoms with Crippen molar-refractivity contribution in [2.45, 2.75) is 12.5 Å². The Morgan fingerprint density at radius 1 is 0.625 bits per heavy atom. The molecule has 6 rings (SSSR count). The molecule has 5 nitrogen and oxygen atoms in total. The molecular formula is C35H28N4O. The fraction of sp³-hybridized carbons (Fsp3) is 0.0571. The van der Waals surface area contributed by atoms with E-state index in [2.05, 4.69) is 47.6 Å². The second-order valence-electron chi connectivity index (χ2n) is 9.66. The first kappa shape index (κ1) is 25.0. The first-order valence-electron chi connectivity index (χ1n) is 13.2. The van der Waals surface area contributed by atoms with Gasteiger partial charge in [-0.3, -0.25) is 0 Å². The highest BCUT2D eigenvalue weighted by Crippen LogP contribution is 2.40. The number of nitrogens with zero attached hydrogens (tertiary/aromatic N) is 4. The summed E-state index contributed by atoms with van der Waals surface area (Å²) in [4.78, 5) is 1.75. The predicted octanol–water partition coefficient (Wildman–Crippen LogP) is 7.77. The molecule has 6 aromatic rings. The molecule has 0 fully saturated rings. The van der Waals surface area contributed by atoms with Crippen molar-refractivity contribution in [1.82, 2.24) is 20.2 Å². The molecule has 0 bridgehead atoms. The summed E-state index contributed by atoms with van der Waals surface area (Å²) in [5.74, 6) is 0.811. The molecule has 0 aliphatic carbocycles. The summed E-state index contributed by atoms with van der Waals surface area (Å²) in [6.45, 7) is 1.67. The van der Waals surface area contributed by atoms with Gasteiger partial charge in [0, 0.05) is 5.56 Å². The molecule has 0 atom stereocenters. The molecule has 0 saturated carbocycles. The molecule has 0 saturated heterocycles. The molecule has 0 unspecified atom stereocenters. The third-order valence-corrected chi connectivity index (χ3v) is 7.05. The number of aromatic nitrogens is 4. The van der Waals surface area contributed by atoms with Crippen molar-refractivity contribution in [2.24, 2.45) is 0 Å². The van der Waals surface area contributed by atoms with E-state index in [1.54, 1.807) is 17.8 Å². The van der Waals surface area contributed by atoms with Crippen LogP contribution in [-0.2, 0) is 5.54 Å². The lowest BCUT2D eigenvalue weighted by Gasteiger charge is -2.34. The lowest BCUT2D eigenvalue weighted by atomic mass is 9.77. The van der Waals surface area contributed by atoms with Gasteiger partial charge in [-0.15, -0.1) is 15.0 Å². The number of rotatable bonds is 7. The van der Waals surface area contributed by atoms with Gasteiger partial charge in [0.05, 0.1) is 5.76 Å². The summed E-state index contributed by atoms with van der Waals surface area (Å²) in [5, 5.41) is 24.0. The lowest BCUT2D eigenvalue weighted by Crippen LogP contribution is -2.39. The maximum absolute atomic E-state index is 9.64. The van der Waals surface area contributed by atoms with Crippen LogP contribution in [0.4, 0.5) is 0 Å². The molecule has 0 aliphatic heterocycles. The van der Waals surface area contributed by atoms with E-state index in [4.69, 9.17) is 10.3 Å². The van der Waals surface area contributed by atoms with Crippen LogP contribution < -0.4 is 0 Å². The second kappa shape index (κ2) is 10.8. The van der Waals surface area contributed by atoms with Gasteiger partial charge in [-0.1, -0.05) is 140 Å². The van der Waals surface area contributed by atoms with Crippen LogP contribution in [0.1, 0.15) is 29.2 Å². The minimum atomic E-state index is -0.833. The predicted molar refractivity (Wildman–Crippen MR) is 160 cm³/mol. The molecule has 1 N–H and O–H groups in total. The lowest BCUT2D eigenvalue weighted by molar-refractivity contribution is 0.396. The molecule has 1 heterocycles. The number of benzene rings is 5. The number of aliphatic hydroxyl groups is 1. The summed E-state index contributed by atoms with van der Waals surface area (Å²) in [6, 6.07) is 47.1. The Morgan fingerprint density at radius 3 is 1.60 bits per heavy atom. The number of aliphatic hydroxyl groups excluding tert-OH is 1. The fourth-order valence-electron chi connectivity index (χ4n) is 5.28. The van der Waals surface area contributed by atoms with Crippen molar-refractivity contribution >= 4 is 6.08 Å². The van der Waals surface area contributed by atoms with Crippen LogP contribution >= 0.6 is 0 Å². The van der Waals surface area contributed by atoms with Gasteiger partial charge in [0.25, 0.3) is 0 Å². The monoisotopic (exact) mass is 520 g/mol. The van der Waals surface area contributed by atoms with Crippen LogP contribution in [0.15, 0.2) is 145 Å². The van der Waals surface area contributed by atoms with Crippen LogP contribution in [0.3, 0.4) is 0 Å². The Bertz CT molecular complexity index is 1640. The van der Waals surface area contributed by atoms with Gasteiger partial charge in [-0.25, -0.2) is 0 Å². The van der Waals surface area contributed by atoms with E-state index >= 15 is 0 Å². The van der Waals surface area contributed by atoms with E-state index < -0.39 is 5.54 Å². The number of allylic oxidation sites excluding steroid dienone is 1. The second-order valence-corrected chi connectivity index (χ2v) is 9.66. The Hall–Kier alpha value is -5.29. The average Bonchev–Trinajstić information content (AvgIpc) is 3.50. The van der Waals surface area contributed by atoms with E-state index in [-0.39, 0.29) is 5.76 Å². The third-order valence-electron chi connectivity index (χ3n) is 7.05. The quantitative estimate of drug-likeness (QED) is 0.173. The van der Waals surface area contributed by atoms with Crippen molar-refractivity contribution in [3.63, 3.8) is 0 Å². The molecular weight excluding hydrogens is 492 g/mol. The zero-order valence-corrected chi connectivity index (χ0v) is 22.1. The maximum Gasteiger partial charge on any atom is 0.205 e. The number of hydrogen-bond acceptors (Lipinski definition) is 4. The van der Waals surface area contributed by atoms with E-state index in [0.29, 0.717) is 5.82 Å². The van der Waals surface area contributed by atoms with E-state index in [1.165, 1.54) is 0 Å². The van der Waals surface area contributed by atoms with Crippen LogP contribution in [-0.4, -0.2) is 25.3 Å². The highest BCUT2D eigenvalue weighted by molar-refractivity contribution is 5.80. The zero-order chi connectivity index (χ0) is 27.4. The van der Waals surface area contributed by atoms with Gasteiger partial charge < -0.3 is 5.11 Å². The van der Waals surface area contributed by atoms with Crippen molar-refractivity contribution < 1.29 is 5.11 Å². The molecule has 0 amide bonds. The summed E-state index contributed by atoms with van der Waals surface area (Å²) in [6.07, 6.45) is 1.74. The number of tetrazole rings is 1. The highest BCUT2D eigenvalue weighted by atomic mass is 16.3. The molecule has 5 aromatic carbocycles. The van der Waals surface area contributed by atoms with Crippen molar-refractivity contribution in [2.75, 3.05) is 0 Å². The van der Waals surface area contributed by atoms with E-state index in [9.17, 15) is 5.11 Å². The third kappa shape index (κ3) is 4.58. The standard InChI is InChI=1S/C35H28N4O/c1-26(40)25-27-21-23-28(24-22-27)32-19-11-12-20-33(32)34-36-38-39(37-34)35(29-13-5-2-6-14-29,30-15-7-3-8-16-30)31-17-9-4-10-18-31/h2-25,40H,1H3/b26-25+. The Morgan fingerprint density at radius 2 is 1.10 bits per heavy atom. The first-order valence-corrected chi connectivity index (χ1v) is 13.2. The van der Waals surface area contributed by atoms with Gasteiger partial charge in [0.15, 0.2) is 5.54 Å². The molecule has 194 valence electrons. The van der Waals surface area contributed by atoms with Crippen LogP contribution in [0, 0.1) is 0 Å². The summed E-state index contributed by atoms with van der Waals surface area (Å²) in [5.41, 5.74) is 6.12. The summed E-state index contributed by atoms with van der Waals surface area (Å²) in [7, 11) is 0. The maximum atomic E-state index is 9.64. The number of hydrogen-bond donors (Lipinski definition) is 1. The van der Waals surface area contributed by atoms with Crippen LogP contribution in [0.5, 0.6) is 0 Å². The Balaban J connectivity index is 1.54. The topological polar surface area (TPSA) is 63.8 Å². The summed E-state index contributed by atoms with van der Waals surface area (Å²) < 4.78 is 0. The van der Waals surface area contributed by atoms with Gasteiger partial charge in [-0.2, -0.15) is 0 Å². The van der Waals surface area contributed by atoms with Crippen LogP contribution in [0.2, 0.25) is 0 Å². The highest BCUT2D eigenvalue weighted by Gasteiger charge is 2.41. The zero-order valence-electron chi connectivity index (χ0n) is 22.1. The summed E-state index contributed by atoms with van der Waals surface area (Å²) >= 11 is 0. The molecule has 0 aliphatic rings. The van der Waals surface area contributed by atoms with Gasteiger partial charge in [-0.05, 0) is 51.6 Å². The minimum absolute atomic E-state index is 0.271. The molecule has 0 spiro atoms. The van der Waals surface area contributed by atoms with Crippen LogP contribution in [0.25, 0.3) is 28.6 Å². The average molecular weight is 521 g/mol. The SMILES string of the molecule is C/C(O)=C\c1ccc(-c2ccccc2-c2nnn(C(c3ccccc3)(c3ccccc3)c3ccccc3)n2)cc1. The molecule has 40 heavy (non-hydrogen) atoms. The molecule has 0 radical (unpaired) electrons. The molecule has 1 aromatic heterocycles. The van der Waals surface area contributed by atoms with Gasteiger partial charge in [0.2, 0.25) is 5.82 Å². The van der Waals surface area contributed by atoms with Crippen molar-refractivity contribution in [3.8, 4) is 22.5 Å². The fourth-order valence-corrected chi connectivity index (χ4v) is 5.28. The van der Waals surface area contributed by atoms with Crippen molar-refractivity contribution in [3.05, 3.63) is 168 Å². The minimum Gasteiger partial charge on any atom is -0.513 e. The smallest absolute Gasteiger partial charge is 0.205 e. The Labute approximate surface area is 233 Å². The van der Waals surface area contributed by atoms with Crippen molar-refractivity contribution in [1.29, 1.82) is 0 Å².